The second-order valence-corrected chi connectivity index (χ2v) is 6.31. The molecule has 0 aliphatic carbocycles. The molecule has 1 aliphatic rings. The summed E-state index contributed by atoms with van der Waals surface area (Å²) in [5.41, 5.74) is 0.486. The highest BCUT2D eigenvalue weighted by atomic mass is 35.5. The molecular weight excluding hydrogens is 341 g/mol. The van der Waals surface area contributed by atoms with Gasteiger partial charge in [-0.3, -0.25) is 14.4 Å². The third-order valence-electron chi connectivity index (χ3n) is 3.47. The highest BCUT2D eigenvalue weighted by Crippen LogP contribution is 2.30. The molecular formula is C15H18Cl2N3O3+. The van der Waals surface area contributed by atoms with Crippen LogP contribution in [0.4, 0.5) is 0 Å². The minimum atomic E-state index is -0.420. The third-order valence-corrected chi connectivity index (χ3v) is 4.20. The number of benzene rings is 1. The highest BCUT2D eigenvalue weighted by molar-refractivity contribution is 6.43. The van der Waals surface area contributed by atoms with Gasteiger partial charge in [0.25, 0.3) is 17.7 Å². The molecule has 0 saturated carbocycles. The lowest BCUT2D eigenvalue weighted by Gasteiger charge is -2.19. The van der Waals surface area contributed by atoms with Crippen molar-refractivity contribution >= 4 is 40.9 Å². The van der Waals surface area contributed by atoms with Gasteiger partial charge in [0, 0.05) is 6.54 Å². The molecule has 1 atom stereocenters. The van der Waals surface area contributed by atoms with E-state index in [-0.39, 0.29) is 40.3 Å². The Labute approximate surface area is 144 Å². The monoisotopic (exact) mass is 358 g/mol. The van der Waals surface area contributed by atoms with E-state index in [0.717, 1.165) is 16.2 Å². The molecule has 0 bridgehead atoms. The van der Waals surface area contributed by atoms with Crippen molar-refractivity contribution in [1.29, 1.82) is 0 Å². The van der Waals surface area contributed by atoms with E-state index < -0.39 is 11.8 Å². The number of likely N-dealkylation sites (N-methyl/N-ethyl adjacent to an activating group) is 1. The van der Waals surface area contributed by atoms with Gasteiger partial charge in [0.2, 0.25) is 0 Å². The van der Waals surface area contributed by atoms with E-state index in [4.69, 9.17) is 23.2 Å². The second kappa shape index (κ2) is 7.29. The summed E-state index contributed by atoms with van der Waals surface area (Å²) < 4.78 is 0. The van der Waals surface area contributed by atoms with Crippen molar-refractivity contribution < 1.29 is 19.3 Å². The molecule has 1 aliphatic heterocycles. The number of carbonyl (C=O) groups is 3. The largest absolute Gasteiger partial charge is 0.351 e. The quantitative estimate of drug-likeness (QED) is 0.731. The first-order chi connectivity index (χ1) is 10.8. The lowest BCUT2D eigenvalue weighted by Crippen LogP contribution is -3.12. The van der Waals surface area contributed by atoms with Crippen molar-refractivity contribution in [3.05, 3.63) is 33.3 Å². The lowest BCUT2D eigenvalue weighted by molar-refractivity contribution is -0.878. The molecule has 1 unspecified atom stereocenters. The molecule has 6 nitrogen and oxygen atoms in total. The summed E-state index contributed by atoms with van der Waals surface area (Å²) in [5.74, 6) is -0.958. The summed E-state index contributed by atoms with van der Waals surface area (Å²) in [6, 6.07) is 2.81. The minimum Gasteiger partial charge on any atom is -0.351 e. The zero-order chi connectivity index (χ0) is 17.1. The molecule has 3 amide bonds. The number of quaternary nitrogens is 1. The van der Waals surface area contributed by atoms with Crippen molar-refractivity contribution in [1.82, 2.24) is 10.2 Å². The number of hydrogen-bond acceptors (Lipinski definition) is 3. The zero-order valence-corrected chi connectivity index (χ0v) is 14.4. The molecule has 124 valence electrons. The van der Waals surface area contributed by atoms with Crippen LogP contribution in [0.3, 0.4) is 0 Å². The Morgan fingerprint density at radius 1 is 1.17 bits per heavy atom. The Balaban J connectivity index is 2.06. The first-order valence-corrected chi connectivity index (χ1v) is 8.04. The molecule has 0 saturated heterocycles. The molecule has 0 aromatic heterocycles. The summed E-state index contributed by atoms with van der Waals surface area (Å²) in [5, 5.41) is 3.22. The van der Waals surface area contributed by atoms with Gasteiger partial charge in [0.15, 0.2) is 13.2 Å². The number of hydrogen-bond donors (Lipinski definition) is 2. The van der Waals surface area contributed by atoms with Gasteiger partial charge in [-0.1, -0.05) is 30.1 Å². The van der Waals surface area contributed by atoms with Crippen LogP contribution in [-0.2, 0) is 4.79 Å². The maximum absolute atomic E-state index is 12.4. The van der Waals surface area contributed by atoms with Crippen molar-refractivity contribution in [2.24, 2.45) is 0 Å². The van der Waals surface area contributed by atoms with E-state index in [0.29, 0.717) is 6.54 Å². The van der Waals surface area contributed by atoms with Crippen LogP contribution in [0.25, 0.3) is 0 Å². The molecule has 0 spiro atoms. The number of halogens is 2. The number of rotatable bonds is 6. The molecule has 2 N–H and O–H groups in total. The number of amides is 3. The van der Waals surface area contributed by atoms with Crippen molar-refractivity contribution in [2.45, 2.75) is 13.3 Å². The molecule has 0 radical (unpaired) electrons. The van der Waals surface area contributed by atoms with Gasteiger partial charge >= 0.3 is 0 Å². The topological polar surface area (TPSA) is 70.9 Å². The summed E-state index contributed by atoms with van der Waals surface area (Å²) >= 11 is 11.8. The van der Waals surface area contributed by atoms with Gasteiger partial charge in [-0.2, -0.15) is 0 Å². The fraction of sp³-hybridized carbons (Fsp3) is 0.400. The van der Waals surface area contributed by atoms with E-state index in [1.54, 1.807) is 7.05 Å². The van der Waals surface area contributed by atoms with Crippen LogP contribution in [0.15, 0.2) is 12.1 Å². The number of fused-ring (bicyclic) bond motifs is 1. The number of nitrogens with one attached hydrogen (secondary N) is 2. The average molecular weight is 359 g/mol. The van der Waals surface area contributed by atoms with Crippen LogP contribution in [0.2, 0.25) is 10.0 Å². The minimum absolute atomic E-state index is 0.0983. The lowest BCUT2D eigenvalue weighted by atomic mass is 10.1. The van der Waals surface area contributed by atoms with Gasteiger partial charge in [-0.05, 0) is 18.6 Å². The first kappa shape index (κ1) is 17.7. The van der Waals surface area contributed by atoms with Crippen LogP contribution in [0.5, 0.6) is 0 Å². The number of nitrogens with zero attached hydrogens (tertiary/aromatic N) is 1. The summed E-state index contributed by atoms with van der Waals surface area (Å²) in [6.45, 7) is 2.85. The molecule has 0 fully saturated rings. The normalized spacial score (nSPS) is 14.9. The van der Waals surface area contributed by atoms with Crippen LogP contribution < -0.4 is 10.2 Å². The maximum atomic E-state index is 12.4. The Morgan fingerprint density at radius 2 is 1.70 bits per heavy atom. The first-order valence-electron chi connectivity index (χ1n) is 7.28. The molecule has 1 heterocycles. The fourth-order valence-electron chi connectivity index (χ4n) is 2.35. The van der Waals surface area contributed by atoms with Gasteiger partial charge in [-0.15, -0.1) is 0 Å². The van der Waals surface area contributed by atoms with Gasteiger partial charge < -0.3 is 10.2 Å². The molecule has 8 heteroatoms. The number of imide groups is 1. The van der Waals surface area contributed by atoms with Crippen molar-refractivity contribution in [2.75, 3.05) is 26.8 Å². The standard InChI is InChI=1S/C15H17Cl2N3O3/c1-3-4-18-13(21)7-19(2)8-20-14(22)9-5-11(16)12(17)6-10(9)15(20)23/h5-6H,3-4,7-8H2,1-2H3,(H,18,21)/p+1. The second-order valence-electron chi connectivity index (χ2n) is 5.49. The summed E-state index contributed by atoms with van der Waals surface area (Å²) in [7, 11) is 1.75. The van der Waals surface area contributed by atoms with Gasteiger partial charge in [0.05, 0.1) is 28.2 Å². The average Bonchev–Trinajstić information content (AvgIpc) is 2.71. The highest BCUT2D eigenvalue weighted by Gasteiger charge is 2.38. The van der Waals surface area contributed by atoms with E-state index in [1.807, 2.05) is 6.92 Å². The van der Waals surface area contributed by atoms with Crippen molar-refractivity contribution in [3.63, 3.8) is 0 Å². The third kappa shape index (κ3) is 3.83. The predicted octanol–water partition coefficient (Wildman–Crippen LogP) is 0.588. The van der Waals surface area contributed by atoms with E-state index >= 15 is 0 Å². The molecule has 1 aromatic carbocycles. The SMILES string of the molecule is CCCNC(=O)C[NH+](C)CN1C(=O)c2cc(Cl)c(Cl)cc2C1=O. The van der Waals surface area contributed by atoms with Crippen LogP contribution >= 0.6 is 23.2 Å². The van der Waals surface area contributed by atoms with Crippen LogP contribution in [-0.4, -0.2) is 49.4 Å². The zero-order valence-electron chi connectivity index (χ0n) is 12.9. The molecule has 23 heavy (non-hydrogen) atoms. The Morgan fingerprint density at radius 3 is 2.17 bits per heavy atom. The molecule has 2 rings (SSSR count). The van der Waals surface area contributed by atoms with E-state index in [9.17, 15) is 14.4 Å². The Kier molecular flexibility index (Phi) is 5.62. The Hall–Kier alpha value is -1.63. The maximum Gasteiger partial charge on any atom is 0.275 e. The smallest absolute Gasteiger partial charge is 0.275 e. The van der Waals surface area contributed by atoms with Gasteiger partial charge in [-0.25, -0.2) is 4.90 Å². The Bertz CT molecular complexity index is 623. The predicted molar refractivity (Wildman–Crippen MR) is 86.9 cm³/mol. The van der Waals surface area contributed by atoms with Gasteiger partial charge in [0.1, 0.15) is 0 Å². The van der Waals surface area contributed by atoms with Crippen molar-refractivity contribution in [3.8, 4) is 0 Å². The number of carbonyl (C=O) groups excluding carboxylic acids is 3. The fourth-order valence-corrected chi connectivity index (χ4v) is 2.68. The van der Waals surface area contributed by atoms with E-state index in [2.05, 4.69) is 5.32 Å². The molecule has 1 aromatic rings. The van der Waals surface area contributed by atoms with E-state index in [1.165, 1.54) is 12.1 Å². The summed E-state index contributed by atoms with van der Waals surface area (Å²) in [4.78, 5) is 38.2. The van der Waals surface area contributed by atoms with Crippen LogP contribution in [0, 0.1) is 0 Å². The van der Waals surface area contributed by atoms with Crippen LogP contribution in [0.1, 0.15) is 34.1 Å². The summed E-state index contributed by atoms with van der Waals surface area (Å²) in [6.07, 6.45) is 0.852.